The van der Waals surface area contributed by atoms with E-state index in [9.17, 15) is 13.5 Å². The van der Waals surface area contributed by atoms with Gasteiger partial charge in [-0.3, -0.25) is 0 Å². The lowest BCUT2D eigenvalue weighted by molar-refractivity contribution is 0.139. The molecule has 1 aliphatic rings. The van der Waals surface area contributed by atoms with Gasteiger partial charge in [0.15, 0.2) is 9.84 Å². The van der Waals surface area contributed by atoms with E-state index in [0.29, 0.717) is 6.42 Å². The normalized spacial score (nSPS) is 27.2. The number of hydrogen-bond donors (Lipinski definition) is 2. The molecular formula is C11H23NO3S. The maximum absolute atomic E-state index is 12.0. The SMILES string of the molecule is CC(C)(C)S(=O)(=O)CCC1(CO)CCNC1. The van der Waals surface area contributed by atoms with Crippen molar-refractivity contribution < 1.29 is 13.5 Å². The molecule has 0 aromatic rings. The Morgan fingerprint density at radius 3 is 2.38 bits per heavy atom. The lowest BCUT2D eigenvalue weighted by atomic mass is 9.85. The van der Waals surface area contributed by atoms with Crippen LogP contribution in [0.2, 0.25) is 0 Å². The fraction of sp³-hybridized carbons (Fsp3) is 1.00. The first-order chi connectivity index (χ1) is 7.22. The molecule has 4 nitrogen and oxygen atoms in total. The Morgan fingerprint density at radius 2 is 2.00 bits per heavy atom. The van der Waals surface area contributed by atoms with Crippen LogP contribution in [0.3, 0.4) is 0 Å². The highest BCUT2D eigenvalue weighted by Gasteiger charge is 2.37. The van der Waals surface area contributed by atoms with Gasteiger partial charge in [0, 0.05) is 18.6 Å². The number of rotatable bonds is 4. The van der Waals surface area contributed by atoms with Crippen molar-refractivity contribution in [3.63, 3.8) is 0 Å². The minimum atomic E-state index is -3.07. The van der Waals surface area contributed by atoms with Gasteiger partial charge in [-0.25, -0.2) is 8.42 Å². The third-order valence-corrected chi connectivity index (χ3v) is 6.11. The van der Waals surface area contributed by atoms with Gasteiger partial charge in [0.1, 0.15) is 0 Å². The van der Waals surface area contributed by atoms with Crippen molar-refractivity contribution in [3.05, 3.63) is 0 Å². The van der Waals surface area contributed by atoms with E-state index in [1.807, 2.05) is 0 Å². The average molecular weight is 249 g/mol. The summed E-state index contributed by atoms with van der Waals surface area (Å²) in [5.74, 6) is 0.165. The van der Waals surface area contributed by atoms with Crippen LogP contribution in [-0.2, 0) is 9.84 Å². The lowest BCUT2D eigenvalue weighted by Crippen LogP contribution is -2.35. The minimum Gasteiger partial charge on any atom is -0.396 e. The molecule has 0 bridgehead atoms. The van der Waals surface area contributed by atoms with E-state index in [0.717, 1.165) is 19.5 Å². The Morgan fingerprint density at radius 1 is 1.38 bits per heavy atom. The first-order valence-corrected chi connectivity index (χ1v) is 7.42. The van der Waals surface area contributed by atoms with Gasteiger partial charge in [0.05, 0.1) is 10.5 Å². The summed E-state index contributed by atoms with van der Waals surface area (Å²) >= 11 is 0. The summed E-state index contributed by atoms with van der Waals surface area (Å²) in [7, 11) is -3.07. The van der Waals surface area contributed by atoms with Gasteiger partial charge in [-0.05, 0) is 40.2 Å². The van der Waals surface area contributed by atoms with Crippen molar-refractivity contribution in [2.75, 3.05) is 25.4 Å². The second-order valence-electron chi connectivity index (χ2n) is 5.77. The molecule has 1 fully saturated rings. The fourth-order valence-corrected chi connectivity index (χ4v) is 3.19. The third kappa shape index (κ3) is 2.96. The molecule has 0 spiro atoms. The van der Waals surface area contributed by atoms with Crippen LogP contribution in [-0.4, -0.2) is 43.7 Å². The highest BCUT2D eigenvalue weighted by atomic mass is 32.2. The number of hydrogen-bond acceptors (Lipinski definition) is 4. The van der Waals surface area contributed by atoms with Crippen LogP contribution in [0.25, 0.3) is 0 Å². The Labute approximate surface area is 98.4 Å². The summed E-state index contributed by atoms with van der Waals surface area (Å²) in [5, 5.41) is 12.6. The van der Waals surface area contributed by atoms with Crippen LogP contribution < -0.4 is 5.32 Å². The zero-order chi connectivity index (χ0) is 12.4. The van der Waals surface area contributed by atoms with E-state index in [2.05, 4.69) is 5.32 Å². The molecule has 0 aromatic carbocycles. The van der Waals surface area contributed by atoms with Gasteiger partial charge in [0.2, 0.25) is 0 Å². The Bertz CT molecular complexity index is 324. The summed E-state index contributed by atoms with van der Waals surface area (Å²) < 4.78 is 23.2. The van der Waals surface area contributed by atoms with Gasteiger partial charge in [-0.1, -0.05) is 0 Å². The zero-order valence-electron chi connectivity index (χ0n) is 10.4. The van der Waals surface area contributed by atoms with Crippen LogP contribution in [0.4, 0.5) is 0 Å². The quantitative estimate of drug-likeness (QED) is 0.764. The van der Waals surface area contributed by atoms with Crippen LogP contribution >= 0.6 is 0 Å². The van der Waals surface area contributed by atoms with E-state index < -0.39 is 14.6 Å². The van der Waals surface area contributed by atoms with E-state index in [1.165, 1.54) is 0 Å². The van der Waals surface area contributed by atoms with Crippen LogP contribution in [0.1, 0.15) is 33.6 Å². The lowest BCUT2D eigenvalue weighted by Gasteiger charge is -2.27. The van der Waals surface area contributed by atoms with Gasteiger partial charge >= 0.3 is 0 Å². The molecule has 1 aliphatic heterocycles. The molecule has 0 aliphatic carbocycles. The van der Waals surface area contributed by atoms with E-state index >= 15 is 0 Å². The number of aliphatic hydroxyl groups excluding tert-OH is 1. The number of sulfone groups is 1. The summed E-state index contributed by atoms with van der Waals surface area (Å²) in [6.45, 7) is 6.83. The highest BCUT2D eigenvalue weighted by molar-refractivity contribution is 7.92. The predicted octanol–water partition coefficient (Wildman–Crippen LogP) is 0.562. The van der Waals surface area contributed by atoms with Gasteiger partial charge < -0.3 is 10.4 Å². The van der Waals surface area contributed by atoms with Crippen LogP contribution in [0.15, 0.2) is 0 Å². The molecule has 96 valence electrons. The molecule has 1 atom stereocenters. The largest absolute Gasteiger partial charge is 0.396 e. The molecular weight excluding hydrogens is 226 g/mol. The van der Waals surface area contributed by atoms with Crippen molar-refractivity contribution in [2.45, 2.75) is 38.4 Å². The molecule has 0 radical (unpaired) electrons. The van der Waals surface area contributed by atoms with Crippen molar-refractivity contribution in [1.29, 1.82) is 0 Å². The predicted molar refractivity (Wildman–Crippen MR) is 65.2 cm³/mol. The van der Waals surface area contributed by atoms with Crippen LogP contribution in [0, 0.1) is 5.41 Å². The summed E-state index contributed by atoms with van der Waals surface area (Å²) in [4.78, 5) is 0. The topological polar surface area (TPSA) is 66.4 Å². The van der Waals surface area contributed by atoms with Crippen molar-refractivity contribution >= 4 is 9.84 Å². The maximum atomic E-state index is 12.0. The molecule has 2 N–H and O–H groups in total. The van der Waals surface area contributed by atoms with Gasteiger partial charge in [-0.2, -0.15) is 0 Å². The standard InChI is InChI=1S/C11H23NO3S/c1-10(2,3)16(14,15)7-5-11(9-13)4-6-12-8-11/h12-13H,4-9H2,1-3H3. The number of nitrogens with one attached hydrogen (secondary N) is 1. The third-order valence-electron chi connectivity index (χ3n) is 3.50. The van der Waals surface area contributed by atoms with Crippen molar-refractivity contribution in [3.8, 4) is 0 Å². The van der Waals surface area contributed by atoms with E-state index in [-0.39, 0.29) is 17.8 Å². The monoisotopic (exact) mass is 249 g/mol. The number of aliphatic hydroxyl groups is 1. The molecule has 1 saturated heterocycles. The van der Waals surface area contributed by atoms with Crippen molar-refractivity contribution in [2.24, 2.45) is 5.41 Å². The van der Waals surface area contributed by atoms with Gasteiger partial charge in [0.25, 0.3) is 0 Å². The maximum Gasteiger partial charge on any atom is 0.155 e. The van der Waals surface area contributed by atoms with Crippen LogP contribution in [0.5, 0.6) is 0 Å². The second-order valence-corrected chi connectivity index (χ2v) is 8.63. The van der Waals surface area contributed by atoms with E-state index in [4.69, 9.17) is 0 Å². The minimum absolute atomic E-state index is 0.0691. The smallest absolute Gasteiger partial charge is 0.155 e. The second kappa shape index (κ2) is 4.63. The Kier molecular flexibility index (Phi) is 4.03. The first kappa shape index (κ1) is 13.9. The molecule has 1 heterocycles. The van der Waals surface area contributed by atoms with E-state index in [1.54, 1.807) is 20.8 Å². The average Bonchev–Trinajstić information content (AvgIpc) is 2.62. The molecule has 1 rings (SSSR count). The first-order valence-electron chi connectivity index (χ1n) is 5.76. The molecule has 0 aromatic heterocycles. The summed E-state index contributed by atoms with van der Waals surface area (Å²) in [6, 6.07) is 0. The highest BCUT2D eigenvalue weighted by Crippen LogP contribution is 2.31. The molecule has 0 saturated carbocycles. The molecule has 1 unspecified atom stereocenters. The summed E-state index contributed by atoms with van der Waals surface area (Å²) in [5.41, 5.74) is -0.224. The van der Waals surface area contributed by atoms with Crippen molar-refractivity contribution in [1.82, 2.24) is 5.32 Å². The Hall–Kier alpha value is -0.130. The molecule has 16 heavy (non-hydrogen) atoms. The van der Waals surface area contributed by atoms with Gasteiger partial charge in [-0.15, -0.1) is 0 Å². The summed E-state index contributed by atoms with van der Waals surface area (Å²) in [6.07, 6.45) is 1.42. The Balaban J connectivity index is 2.64. The fourth-order valence-electron chi connectivity index (χ4n) is 1.88. The molecule has 5 heteroatoms. The molecule has 0 amide bonds. The zero-order valence-corrected chi connectivity index (χ0v) is 11.2.